The van der Waals surface area contributed by atoms with Crippen molar-refractivity contribution in [3.8, 4) is 6.07 Å². The lowest BCUT2D eigenvalue weighted by Gasteiger charge is -2.12. The summed E-state index contributed by atoms with van der Waals surface area (Å²) >= 11 is 0. The van der Waals surface area contributed by atoms with Crippen LogP contribution in [0.15, 0.2) is 36.0 Å². The zero-order chi connectivity index (χ0) is 16.4. The van der Waals surface area contributed by atoms with Crippen LogP contribution >= 0.6 is 0 Å². The monoisotopic (exact) mass is 301 g/mol. The van der Waals surface area contributed by atoms with Crippen molar-refractivity contribution in [3.05, 3.63) is 41.6 Å². The first-order valence-corrected chi connectivity index (χ1v) is 7.44. The van der Waals surface area contributed by atoms with Crippen LogP contribution in [0.3, 0.4) is 0 Å². The highest BCUT2D eigenvalue weighted by Gasteiger charge is 2.10. The molecule has 118 valence electrons. The quantitative estimate of drug-likeness (QED) is 0.570. The van der Waals surface area contributed by atoms with E-state index in [-0.39, 0.29) is 12.2 Å². The van der Waals surface area contributed by atoms with Crippen LogP contribution in [0.2, 0.25) is 0 Å². The van der Waals surface area contributed by atoms with Crippen molar-refractivity contribution < 1.29 is 9.90 Å². The predicted molar refractivity (Wildman–Crippen MR) is 87.1 cm³/mol. The van der Waals surface area contributed by atoms with Crippen LogP contribution in [-0.4, -0.2) is 36.1 Å². The number of nitriles is 1. The molecule has 22 heavy (non-hydrogen) atoms. The number of nitrogens with zero attached hydrogens (tertiary/aromatic N) is 2. The molecule has 1 rings (SSSR count). The van der Waals surface area contributed by atoms with Gasteiger partial charge >= 0.3 is 0 Å². The van der Waals surface area contributed by atoms with Crippen molar-refractivity contribution in [1.29, 1.82) is 5.26 Å². The maximum absolute atomic E-state index is 12.0. The SMILES string of the molecule is CCCCc1ccc(NC(=O)/C(C#N)=C\N(C)CCO)cc1. The molecule has 1 aromatic rings. The van der Waals surface area contributed by atoms with Crippen LogP contribution in [0.25, 0.3) is 0 Å². The highest BCUT2D eigenvalue weighted by Crippen LogP contribution is 2.13. The molecule has 0 bridgehead atoms. The van der Waals surface area contributed by atoms with Crippen molar-refractivity contribution in [2.45, 2.75) is 26.2 Å². The second-order valence-electron chi connectivity index (χ2n) is 5.11. The maximum Gasteiger partial charge on any atom is 0.267 e. The predicted octanol–water partition coefficient (Wildman–Crippen LogP) is 2.30. The van der Waals surface area contributed by atoms with Gasteiger partial charge in [-0.15, -0.1) is 0 Å². The van der Waals surface area contributed by atoms with E-state index in [0.717, 1.165) is 19.3 Å². The molecule has 0 unspecified atom stereocenters. The molecule has 0 spiro atoms. The van der Waals surface area contributed by atoms with E-state index in [1.807, 2.05) is 30.3 Å². The number of anilines is 1. The maximum atomic E-state index is 12.0. The molecule has 0 saturated carbocycles. The smallest absolute Gasteiger partial charge is 0.267 e. The van der Waals surface area contributed by atoms with Gasteiger partial charge in [0.1, 0.15) is 11.6 Å². The van der Waals surface area contributed by atoms with Crippen LogP contribution in [0.1, 0.15) is 25.3 Å². The van der Waals surface area contributed by atoms with E-state index in [1.165, 1.54) is 11.8 Å². The molecule has 0 aliphatic rings. The van der Waals surface area contributed by atoms with Gasteiger partial charge in [-0.3, -0.25) is 4.79 Å². The summed E-state index contributed by atoms with van der Waals surface area (Å²) in [6.45, 7) is 2.48. The molecule has 0 heterocycles. The topological polar surface area (TPSA) is 76.4 Å². The molecule has 5 nitrogen and oxygen atoms in total. The second-order valence-corrected chi connectivity index (χ2v) is 5.11. The Morgan fingerprint density at radius 3 is 2.64 bits per heavy atom. The van der Waals surface area contributed by atoms with Gasteiger partial charge in [-0.05, 0) is 30.5 Å². The second kappa shape index (κ2) is 9.59. The lowest BCUT2D eigenvalue weighted by molar-refractivity contribution is -0.112. The summed E-state index contributed by atoms with van der Waals surface area (Å²) in [4.78, 5) is 13.7. The van der Waals surface area contributed by atoms with Crippen LogP contribution < -0.4 is 5.32 Å². The number of aliphatic hydroxyl groups excluding tert-OH is 1. The summed E-state index contributed by atoms with van der Waals surface area (Å²) in [5.74, 6) is -0.450. The Kier molecular flexibility index (Phi) is 7.73. The van der Waals surface area contributed by atoms with Gasteiger partial charge in [0.05, 0.1) is 6.61 Å². The van der Waals surface area contributed by atoms with E-state index in [2.05, 4.69) is 12.2 Å². The molecule has 0 fully saturated rings. The van der Waals surface area contributed by atoms with Gasteiger partial charge in [0, 0.05) is 25.5 Å². The minimum absolute atomic E-state index is 0.00556. The number of aliphatic hydroxyl groups is 1. The number of unbranched alkanes of at least 4 members (excludes halogenated alkanes) is 1. The number of likely N-dealkylation sites (N-methyl/N-ethyl adjacent to an activating group) is 1. The average Bonchev–Trinajstić information content (AvgIpc) is 2.52. The molecule has 0 radical (unpaired) electrons. The Hall–Kier alpha value is -2.32. The average molecular weight is 301 g/mol. The molecule has 0 aliphatic heterocycles. The van der Waals surface area contributed by atoms with E-state index in [0.29, 0.717) is 12.2 Å². The highest BCUT2D eigenvalue weighted by molar-refractivity contribution is 6.06. The van der Waals surface area contributed by atoms with E-state index in [1.54, 1.807) is 11.9 Å². The summed E-state index contributed by atoms with van der Waals surface area (Å²) in [6, 6.07) is 9.53. The Balaban J connectivity index is 2.68. The third-order valence-corrected chi connectivity index (χ3v) is 3.20. The first-order chi connectivity index (χ1) is 10.6. The zero-order valence-electron chi connectivity index (χ0n) is 13.2. The van der Waals surface area contributed by atoms with Gasteiger partial charge < -0.3 is 15.3 Å². The standard InChI is InChI=1S/C17H23N3O2/c1-3-4-5-14-6-8-16(9-7-14)19-17(22)15(12-18)13-20(2)10-11-21/h6-9,13,21H,3-5,10-11H2,1-2H3,(H,19,22)/b15-13-. The first-order valence-electron chi connectivity index (χ1n) is 7.44. The van der Waals surface area contributed by atoms with Crippen LogP contribution in [0.4, 0.5) is 5.69 Å². The summed E-state index contributed by atoms with van der Waals surface area (Å²) in [6.07, 6.45) is 4.75. The van der Waals surface area contributed by atoms with E-state index in [4.69, 9.17) is 10.4 Å². The van der Waals surface area contributed by atoms with Crippen LogP contribution in [-0.2, 0) is 11.2 Å². The number of hydrogen-bond donors (Lipinski definition) is 2. The van der Waals surface area contributed by atoms with Gasteiger partial charge in [-0.2, -0.15) is 5.26 Å². The van der Waals surface area contributed by atoms with Crippen molar-refractivity contribution in [3.63, 3.8) is 0 Å². The number of hydrogen-bond acceptors (Lipinski definition) is 4. The van der Waals surface area contributed by atoms with Crippen molar-refractivity contribution in [2.24, 2.45) is 0 Å². The first kappa shape index (κ1) is 17.7. The summed E-state index contributed by atoms with van der Waals surface area (Å²) in [5, 5.41) is 20.6. The Bertz CT molecular complexity index is 544. The van der Waals surface area contributed by atoms with Crippen molar-refractivity contribution in [2.75, 3.05) is 25.5 Å². The Labute approximate surface area is 131 Å². The van der Waals surface area contributed by atoms with Crippen LogP contribution in [0, 0.1) is 11.3 Å². The highest BCUT2D eigenvalue weighted by atomic mass is 16.3. The molecule has 0 atom stereocenters. The number of carbonyl (C=O) groups excluding carboxylic acids is 1. The number of amides is 1. The molecular formula is C17H23N3O2. The molecule has 0 saturated heterocycles. The third-order valence-electron chi connectivity index (χ3n) is 3.20. The molecule has 1 aromatic carbocycles. The van der Waals surface area contributed by atoms with E-state index < -0.39 is 5.91 Å². The molecule has 2 N–H and O–H groups in total. The zero-order valence-corrected chi connectivity index (χ0v) is 13.2. The fraction of sp³-hybridized carbons (Fsp3) is 0.412. The van der Waals surface area contributed by atoms with Gasteiger partial charge in [0.2, 0.25) is 0 Å². The van der Waals surface area contributed by atoms with Crippen LogP contribution in [0.5, 0.6) is 0 Å². The van der Waals surface area contributed by atoms with Gasteiger partial charge in [-0.1, -0.05) is 25.5 Å². The number of aryl methyl sites for hydroxylation is 1. The van der Waals surface area contributed by atoms with Gasteiger partial charge in [-0.25, -0.2) is 0 Å². The largest absolute Gasteiger partial charge is 0.395 e. The fourth-order valence-electron chi connectivity index (χ4n) is 1.92. The minimum Gasteiger partial charge on any atom is -0.395 e. The normalized spacial score (nSPS) is 10.9. The molecular weight excluding hydrogens is 278 g/mol. The third kappa shape index (κ3) is 5.98. The number of carbonyl (C=O) groups is 1. The lowest BCUT2D eigenvalue weighted by atomic mass is 10.1. The molecule has 5 heteroatoms. The number of rotatable bonds is 8. The lowest BCUT2D eigenvalue weighted by Crippen LogP contribution is -2.20. The summed E-state index contributed by atoms with van der Waals surface area (Å²) < 4.78 is 0. The van der Waals surface area contributed by atoms with Crippen molar-refractivity contribution in [1.82, 2.24) is 4.90 Å². The summed E-state index contributed by atoms with van der Waals surface area (Å²) in [7, 11) is 1.70. The van der Waals surface area contributed by atoms with Crippen molar-refractivity contribution >= 4 is 11.6 Å². The molecule has 0 aromatic heterocycles. The van der Waals surface area contributed by atoms with E-state index in [9.17, 15) is 4.79 Å². The Morgan fingerprint density at radius 1 is 1.41 bits per heavy atom. The Morgan fingerprint density at radius 2 is 2.09 bits per heavy atom. The molecule has 0 aliphatic carbocycles. The van der Waals surface area contributed by atoms with E-state index >= 15 is 0 Å². The molecule has 1 amide bonds. The fourth-order valence-corrected chi connectivity index (χ4v) is 1.92. The summed E-state index contributed by atoms with van der Waals surface area (Å²) in [5.41, 5.74) is 1.90. The van der Waals surface area contributed by atoms with Gasteiger partial charge in [0.15, 0.2) is 0 Å². The van der Waals surface area contributed by atoms with Gasteiger partial charge in [0.25, 0.3) is 5.91 Å². The number of benzene rings is 1. The minimum atomic E-state index is -0.450. The number of nitrogens with one attached hydrogen (secondary N) is 1.